The normalized spacial score (nSPS) is 13.5. The van der Waals surface area contributed by atoms with Crippen molar-refractivity contribution in [3.8, 4) is 0 Å². The lowest BCUT2D eigenvalue weighted by atomic mass is 10.1. The van der Waals surface area contributed by atoms with Gasteiger partial charge in [-0.2, -0.15) is 0 Å². The molecule has 4 nitrogen and oxygen atoms in total. The monoisotopic (exact) mass is 291 g/mol. The van der Waals surface area contributed by atoms with Gasteiger partial charge < -0.3 is 5.11 Å². The summed E-state index contributed by atoms with van der Waals surface area (Å²) in [4.78, 5) is 0.171. The zero-order valence-electron chi connectivity index (χ0n) is 10.3. The second kappa shape index (κ2) is 7.09. The molecule has 0 aliphatic rings. The maximum atomic E-state index is 11.9. The molecule has 0 radical (unpaired) electrons. The third kappa shape index (κ3) is 4.94. The maximum Gasteiger partial charge on any atom is 0.240 e. The molecule has 1 aromatic carbocycles. The molecular weight excluding hydrogens is 274 g/mol. The number of sulfonamides is 1. The zero-order valence-corrected chi connectivity index (χ0v) is 11.8. The van der Waals surface area contributed by atoms with Crippen LogP contribution >= 0.6 is 11.6 Å². The topological polar surface area (TPSA) is 66.4 Å². The number of aliphatic hydroxyl groups is 1. The second-order valence-electron chi connectivity index (χ2n) is 4.29. The fourth-order valence-electron chi connectivity index (χ4n) is 1.47. The van der Waals surface area contributed by atoms with E-state index in [0.717, 1.165) is 6.42 Å². The summed E-state index contributed by atoms with van der Waals surface area (Å²) >= 11 is 5.75. The number of nitrogens with one attached hydrogen (secondary N) is 1. The Morgan fingerprint density at radius 2 is 2.17 bits per heavy atom. The molecule has 0 fully saturated rings. The Bertz CT molecular complexity index is 476. The molecule has 1 aromatic rings. The first-order valence-electron chi connectivity index (χ1n) is 5.82. The highest BCUT2D eigenvalue weighted by molar-refractivity contribution is 7.89. The molecule has 0 aliphatic carbocycles. The van der Waals surface area contributed by atoms with Crippen LogP contribution in [0.25, 0.3) is 0 Å². The van der Waals surface area contributed by atoms with Gasteiger partial charge in [0.1, 0.15) is 0 Å². The van der Waals surface area contributed by atoms with Crippen molar-refractivity contribution < 1.29 is 13.5 Å². The van der Waals surface area contributed by atoms with Crippen LogP contribution in [0.1, 0.15) is 19.8 Å². The molecule has 0 aliphatic heterocycles. The van der Waals surface area contributed by atoms with E-state index in [2.05, 4.69) is 4.72 Å². The van der Waals surface area contributed by atoms with E-state index in [1.54, 1.807) is 12.1 Å². The van der Waals surface area contributed by atoms with Crippen molar-refractivity contribution in [1.82, 2.24) is 4.72 Å². The van der Waals surface area contributed by atoms with Crippen LogP contribution in [-0.4, -0.2) is 26.7 Å². The van der Waals surface area contributed by atoms with Gasteiger partial charge in [0.15, 0.2) is 0 Å². The number of hydrogen-bond donors (Lipinski definition) is 2. The van der Waals surface area contributed by atoms with Crippen molar-refractivity contribution in [2.75, 3.05) is 13.2 Å². The summed E-state index contributed by atoms with van der Waals surface area (Å²) in [5.41, 5.74) is 0. The Kier molecular flexibility index (Phi) is 6.08. The summed E-state index contributed by atoms with van der Waals surface area (Å²) in [7, 11) is -3.48. The smallest absolute Gasteiger partial charge is 0.240 e. The minimum Gasteiger partial charge on any atom is -0.396 e. The van der Waals surface area contributed by atoms with Crippen molar-refractivity contribution in [3.63, 3.8) is 0 Å². The molecule has 0 saturated carbocycles. The predicted molar refractivity (Wildman–Crippen MR) is 72.1 cm³/mol. The van der Waals surface area contributed by atoms with Crippen LogP contribution in [0.15, 0.2) is 29.2 Å². The van der Waals surface area contributed by atoms with Gasteiger partial charge in [0.25, 0.3) is 0 Å². The van der Waals surface area contributed by atoms with E-state index < -0.39 is 10.0 Å². The number of halogens is 1. The third-order valence-electron chi connectivity index (χ3n) is 2.58. The van der Waals surface area contributed by atoms with E-state index in [-0.39, 0.29) is 17.4 Å². The maximum absolute atomic E-state index is 11.9. The fourth-order valence-corrected chi connectivity index (χ4v) is 2.84. The van der Waals surface area contributed by atoms with Crippen LogP contribution in [0.5, 0.6) is 0 Å². The van der Waals surface area contributed by atoms with Gasteiger partial charge in [-0.25, -0.2) is 13.1 Å². The molecule has 0 aromatic heterocycles. The van der Waals surface area contributed by atoms with Gasteiger partial charge >= 0.3 is 0 Å². The quantitative estimate of drug-likeness (QED) is 0.756. The van der Waals surface area contributed by atoms with E-state index in [0.29, 0.717) is 18.0 Å². The van der Waals surface area contributed by atoms with Crippen molar-refractivity contribution in [3.05, 3.63) is 29.3 Å². The number of rotatable bonds is 7. The minimum atomic E-state index is -3.48. The summed E-state index contributed by atoms with van der Waals surface area (Å²) in [6.07, 6.45) is 1.48. The lowest BCUT2D eigenvalue weighted by Crippen LogP contribution is -2.25. The molecule has 18 heavy (non-hydrogen) atoms. The molecule has 6 heteroatoms. The Morgan fingerprint density at radius 1 is 1.44 bits per heavy atom. The van der Waals surface area contributed by atoms with Crippen LogP contribution in [-0.2, 0) is 10.0 Å². The molecular formula is C12H18ClNO3S. The van der Waals surface area contributed by atoms with Crippen molar-refractivity contribution >= 4 is 21.6 Å². The van der Waals surface area contributed by atoms with Crippen LogP contribution in [0.3, 0.4) is 0 Å². The predicted octanol–water partition coefficient (Wildman–Crippen LogP) is 2.03. The molecule has 0 amide bonds. The number of benzene rings is 1. The Hall–Kier alpha value is -0.620. The van der Waals surface area contributed by atoms with E-state index in [1.807, 2.05) is 6.92 Å². The average molecular weight is 292 g/mol. The zero-order chi connectivity index (χ0) is 13.6. The minimum absolute atomic E-state index is 0.126. The summed E-state index contributed by atoms with van der Waals surface area (Å²) in [5, 5.41) is 9.24. The summed E-state index contributed by atoms with van der Waals surface area (Å²) in [5.74, 6) is 0.195. The molecule has 0 bridgehead atoms. The molecule has 1 unspecified atom stereocenters. The highest BCUT2D eigenvalue weighted by Crippen LogP contribution is 2.15. The summed E-state index contributed by atoms with van der Waals surface area (Å²) in [6, 6.07) is 6.15. The van der Waals surface area contributed by atoms with Crippen LogP contribution in [0.2, 0.25) is 5.02 Å². The van der Waals surface area contributed by atoms with Gasteiger partial charge in [-0.1, -0.05) is 24.6 Å². The van der Waals surface area contributed by atoms with Gasteiger partial charge in [0.2, 0.25) is 10.0 Å². The lowest BCUT2D eigenvalue weighted by Gasteiger charge is -2.09. The molecule has 0 saturated heterocycles. The molecule has 2 N–H and O–H groups in total. The van der Waals surface area contributed by atoms with E-state index in [9.17, 15) is 8.42 Å². The molecule has 0 heterocycles. The van der Waals surface area contributed by atoms with E-state index >= 15 is 0 Å². The summed E-state index contributed by atoms with van der Waals surface area (Å²) < 4.78 is 26.3. The standard InChI is InChI=1S/C12H18ClNO3S/c1-10(9-15)4-3-7-14-18(16,17)12-6-2-5-11(13)8-12/h2,5-6,8,10,14-15H,3-4,7,9H2,1H3. The first-order chi connectivity index (χ1) is 8.45. The van der Waals surface area contributed by atoms with Gasteiger partial charge in [-0.15, -0.1) is 0 Å². The highest BCUT2D eigenvalue weighted by Gasteiger charge is 2.13. The fraction of sp³-hybridized carbons (Fsp3) is 0.500. The van der Waals surface area contributed by atoms with Crippen molar-refractivity contribution in [2.45, 2.75) is 24.7 Å². The van der Waals surface area contributed by atoms with Crippen LogP contribution in [0.4, 0.5) is 0 Å². The molecule has 0 spiro atoms. The SMILES string of the molecule is CC(CO)CCCNS(=O)(=O)c1cccc(Cl)c1. The highest BCUT2D eigenvalue weighted by atomic mass is 35.5. The Labute approximate surface area is 113 Å². The molecule has 1 rings (SSSR count). The van der Waals surface area contributed by atoms with Gasteiger partial charge in [-0.3, -0.25) is 0 Å². The van der Waals surface area contributed by atoms with E-state index in [1.165, 1.54) is 12.1 Å². The van der Waals surface area contributed by atoms with Gasteiger partial charge in [0, 0.05) is 18.2 Å². The molecule has 1 atom stereocenters. The third-order valence-corrected chi connectivity index (χ3v) is 4.28. The Balaban J connectivity index is 2.51. The lowest BCUT2D eigenvalue weighted by molar-refractivity contribution is 0.228. The van der Waals surface area contributed by atoms with Crippen molar-refractivity contribution in [1.29, 1.82) is 0 Å². The Morgan fingerprint density at radius 3 is 2.78 bits per heavy atom. The number of hydrogen-bond acceptors (Lipinski definition) is 3. The average Bonchev–Trinajstić information content (AvgIpc) is 2.34. The first kappa shape index (κ1) is 15.4. The van der Waals surface area contributed by atoms with Crippen molar-refractivity contribution in [2.24, 2.45) is 5.92 Å². The summed E-state index contributed by atoms with van der Waals surface area (Å²) in [6.45, 7) is 2.41. The van der Waals surface area contributed by atoms with E-state index in [4.69, 9.17) is 16.7 Å². The van der Waals surface area contributed by atoms with Crippen LogP contribution in [0, 0.1) is 5.92 Å². The molecule has 102 valence electrons. The largest absolute Gasteiger partial charge is 0.396 e. The second-order valence-corrected chi connectivity index (χ2v) is 6.49. The van der Waals surface area contributed by atoms with Crippen LogP contribution < -0.4 is 4.72 Å². The van der Waals surface area contributed by atoms with Gasteiger partial charge in [0.05, 0.1) is 4.90 Å². The number of aliphatic hydroxyl groups excluding tert-OH is 1. The first-order valence-corrected chi connectivity index (χ1v) is 7.68. The van der Waals surface area contributed by atoms with Gasteiger partial charge in [-0.05, 0) is 37.0 Å².